The Morgan fingerprint density at radius 2 is 1.84 bits per heavy atom. The summed E-state index contributed by atoms with van der Waals surface area (Å²) in [7, 11) is 0. The van der Waals surface area contributed by atoms with Crippen LogP contribution in [0.15, 0.2) is 29.2 Å². The molecule has 0 saturated heterocycles. The standard InChI is InChI=1S/C15H22ClNOS/c1-5-14(15(18)17-11(4)10(2)3)19-13-8-6-12(16)7-9-13/h6-11,14H,5H2,1-4H3,(H,17,18)/t11-,14+/m1/s1. The predicted octanol–water partition coefficient (Wildman–Crippen LogP) is 4.37. The molecule has 0 aliphatic rings. The molecule has 0 radical (unpaired) electrons. The van der Waals surface area contributed by atoms with Gasteiger partial charge in [0.25, 0.3) is 0 Å². The minimum atomic E-state index is -0.0534. The number of halogens is 1. The second-order valence-corrected chi connectivity index (χ2v) is 6.72. The van der Waals surface area contributed by atoms with Gasteiger partial charge in [-0.3, -0.25) is 4.79 Å². The number of carbonyl (C=O) groups excluding carboxylic acids is 1. The molecule has 1 aromatic rings. The van der Waals surface area contributed by atoms with Gasteiger partial charge in [-0.25, -0.2) is 0 Å². The lowest BCUT2D eigenvalue weighted by Crippen LogP contribution is -2.41. The topological polar surface area (TPSA) is 29.1 Å². The van der Waals surface area contributed by atoms with E-state index in [1.165, 1.54) is 0 Å². The van der Waals surface area contributed by atoms with Gasteiger partial charge in [-0.05, 0) is 43.5 Å². The van der Waals surface area contributed by atoms with Gasteiger partial charge in [-0.15, -0.1) is 11.8 Å². The van der Waals surface area contributed by atoms with Crippen molar-refractivity contribution >= 4 is 29.3 Å². The summed E-state index contributed by atoms with van der Waals surface area (Å²) in [4.78, 5) is 13.3. The first-order valence-electron chi connectivity index (χ1n) is 6.66. The van der Waals surface area contributed by atoms with Gasteiger partial charge in [0.2, 0.25) is 5.91 Å². The minimum absolute atomic E-state index is 0.0534. The number of hydrogen-bond acceptors (Lipinski definition) is 2. The number of amides is 1. The Kier molecular flexibility index (Phi) is 6.73. The predicted molar refractivity (Wildman–Crippen MR) is 83.8 cm³/mol. The summed E-state index contributed by atoms with van der Waals surface area (Å²) >= 11 is 7.45. The van der Waals surface area contributed by atoms with Gasteiger partial charge in [-0.2, -0.15) is 0 Å². The molecular formula is C15H22ClNOS. The van der Waals surface area contributed by atoms with E-state index in [1.54, 1.807) is 11.8 Å². The van der Waals surface area contributed by atoms with Crippen molar-refractivity contribution in [3.63, 3.8) is 0 Å². The molecule has 19 heavy (non-hydrogen) atoms. The highest BCUT2D eigenvalue weighted by molar-refractivity contribution is 8.00. The van der Waals surface area contributed by atoms with Crippen LogP contribution in [-0.4, -0.2) is 17.2 Å². The molecule has 0 bridgehead atoms. The Hall–Kier alpha value is -0.670. The summed E-state index contributed by atoms with van der Waals surface area (Å²) in [5.41, 5.74) is 0. The second kappa shape index (κ2) is 7.81. The molecule has 0 unspecified atom stereocenters. The Morgan fingerprint density at radius 3 is 2.32 bits per heavy atom. The van der Waals surface area contributed by atoms with E-state index in [0.29, 0.717) is 5.92 Å². The zero-order valence-electron chi connectivity index (χ0n) is 11.9. The summed E-state index contributed by atoms with van der Waals surface area (Å²) < 4.78 is 0. The number of hydrogen-bond donors (Lipinski definition) is 1. The van der Waals surface area contributed by atoms with E-state index in [0.717, 1.165) is 16.3 Å². The second-order valence-electron chi connectivity index (χ2n) is 5.01. The van der Waals surface area contributed by atoms with E-state index < -0.39 is 0 Å². The average Bonchev–Trinajstić information content (AvgIpc) is 2.37. The third-order valence-electron chi connectivity index (χ3n) is 3.13. The quantitative estimate of drug-likeness (QED) is 0.790. The van der Waals surface area contributed by atoms with Crippen molar-refractivity contribution in [2.75, 3.05) is 0 Å². The fraction of sp³-hybridized carbons (Fsp3) is 0.533. The molecule has 1 rings (SSSR count). The van der Waals surface area contributed by atoms with E-state index in [1.807, 2.05) is 38.1 Å². The Morgan fingerprint density at radius 1 is 1.26 bits per heavy atom. The first-order chi connectivity index (χ1) is 8.93. The number of thioether (sulfide) groups is 1. The van der Waals surface area contributed by atoms with Crippen LogP contribution in [0.5, 0.6) is 0 Å². The lowest BCUT2D eigenvalue weighted by Gasteiger charge is -2.21. The van der Waals surface area contributed by atoms with E-state index in [4.69, 9.17) is 11.6 Å². The number of nitrogens with one attached hydrogen (secondary N) is 1. The Labute approximate surface area is 125 Å². The average molecular weight is 300 g/mol. The third-order valence-corrected chi connectivity index (χ3v) is 4.75. The van der Waals surface area contributed by atoms with E-state index in [-0.39, 0.29) is 17.2 Å². The van der Waals surface area contributed by atoms with Crippen molar-refractivity contribution < 1.29 is 4.79 Å². The molecule has 0 fully saturated rings. The molecular weight excluding hydrogens is 278 g/mol. The lowest BCUT2D eigenvalue weighted by atomic mass is 10.1. The molecule has 0 aliphatic carbocycles. The normalized spacial score (nSPS) is 14.2. The highest BCUT2D eigenvalue weighted by Crippen LogP contribution is 2.27. The van der Waals surface area contributed by atoms with Gasteiger partial charge in [0.1, 0.15) is 0 Å². The third kappa shape index (κ3) is 5.45. The van der Waals surface area contributed by atoms with Crippen LogP contribution in [0.4, 0.5) is 0 Å². The van der Waals surface area contributed by atoms with Crippen LogP contribution < -0.4 is 5.32 Å². The van der Waals surface area contributed by atoms with Crippen molar-refractivity contribution in [2.45, 2.75) is 50.3 Å². The fourth-order valence-corrected chi connectivity index (χ4v) is 2.57. The maximum atomic E-state index is 12.2. The first kappa shape index (κ1) is 16.4. The van der Waals surface area contributed by atoms with Crippen LogP contribution in [0.3, 0.4) is 0 Å². The largest absolute Gasteiger partial charge is 0.352 e. The van der Waals surface area contributed by atoms with Gasteiger partial charge < -0.3 is 5.32 Å². The summed E-state index contributed by atoms with van der Waals surface area (Å²) in [6, 6.07) is 7.81. The zero-order valence-corrected chi connectivity index (χ0v) is 13.5. The van der Waals surface area contributed by atoms with Crippen molar-refractivity contribution in [2.24, 2.45) is 5.92 Å². The van der Waals surface area contributed by atoms with Gasteiger partial charge in [0.05, 0.1) is 5.25 Å². The Balaban J connectivity index is 2.62. The van der Waals surface area contributed by atoms with Gasteiger partial charge in [-0.1, -0.05) is 32.4 Å². The Bertz CT molecular complexity index is 405. The minimum Gasteiger partial charge on any atom is -0.352 e. The van der Waals surface area contributed by atoms with Crippen LogP contribution in [-0.2, 0) is 4.79 Å². The molecule has 1 amide bonds. The molecule has 0 spiro atoms. The summed E-state index contributed by atoms with van der Waals surface area (Å²) in [5.74, 6) is 0.561. The summed E-state index contributed by atoms with van der Waals surface area (Å²) in [5, 5.41) is 3.74. The summed E-state index contributed by atoms with van der Waals surface area (Å²) in [6.45, 7) is 8.30. The highest BCUT2D eigenvalue weighted by Gasteiger charge is 2.20. The van der Waals surface area contributed by atoms with Crippen LogP contribution in [0.25, 0.3) is 0 Å². The van der Waals surface area contributed by atoms with Crippen LogP contribution >= 0.6 is 23.4 Å². The monoisotopic (exact) mass is 299 g/mol. The highest BCUT2D eigenvalue weighted by atomic mass is 35.5. The molecule has 0 saturated carbocycles. The van der Waals surface area contributed by atoms with Crippen molar-refractivity contribution in [1.82, 2.24) is 5.32 Å². The number of carbonyl (C=O) groups is 1. The number of benzene rings is 1. The molecule has 0 aromatic heterocycles. The zero-order chi connectivity index (χ0) is 14.4. The van der Waals surface area contributed by atoms with Crippen molar-refractivity contribution in [1.29, 1.82) is 0 Å². The SMILES string of the molecule is CC[C@H](Sc1ccc(Cl)cc1)C(=O)N[C@H](C)C(C)C. The van der Waals surface area contributed by atoms with Crippen LogP contribution in [0, 0.1) is 5.92 Å². The smallest absolute Gasteiger partial charge is 0.233 e. The lowest BCUT2D eigenvalue weighted by molar-refractivity contribution is -0.121. The maximum absolute atomic E-state index is 12.2. The molecule has 2 atom stereocenters. The first-order valence-corrected chi connectivity index (χ1v) is 7.92. The van der Waals surface area contributed by atoms with Crippen molar-refractivity contribution in [3.8, 4) is 0 Å². The van der Waals surface area contributed by atoms with Crippen LogP contribution in [0.2, 0.25) is 5.02 Å². The summed E-state index contributed by atoms with van der Waals surface area (Å²) in [6.07, 6.45) is 0.809. The van der Waals surface area contributed by atoms with E-state index >= 15 is 0 Å². The van der Waals surface area contributed by atoms with E-state index in [9.17, 15) is 4.79 Å². The fourth-order valence-electron chi connectivity index (χ4n) is 1.48. The molecule has 1 N–H and O–H groups in total. The van der Waals surface area contributed by atoms with Gasteiger partial charge in [0, 0.05) is 16.0 Å². The van der Waals surface area contributed by atoms with Gasteiger partial charge in [0.15, 0.2) is 0 Å². The molecule has 0 heterocycles. The number of rotatable bonds is 6. The molecule has 2 nitrogen and oxygen atoms in total. The molecule has 4 heteroatoms. The van der Waals surface area contributed by atoms with Crippen molar-refractivity contribution in [3.05, 3.63) is 29.3 Å². The molecule has 0 aliphatic heterocycles. The molecule has 1 aromatic carbocycles. The van der Waals surface area contributed by atoms with Gasteiger partial charge >= 0.3 is 0 Å². The maximum Gasteiger partial charge on any atom is 0.233 e. The van der Waals surface area contributed by atoms with Crippen LogP contribution in [0.1, 0.15) is 34.1 Å². The van der Waals surface area contributed by atoms with E-state index in [2.05, 4.69) is 19.2 Å². The molecule has 106 valence electrons.